The van der Waals surface area contributed by atoms with Crippen molar-refractivity contribution >= 4 is 11.7 Å². The predicted molar refractivity (Wildman–Crippen MR) is 94.2 cm³/mol. The second-order valence-corrected chi connectivity index (χ2v) is 5.74. The molecule has 0 atom stereocenters. The molecule has 0 saturated carbocycles. The monoisotopic (exact) mass is 312 g/mol. The van der Waals surface area contributed by atoms with E-state index in [0.717, 1.165) is 22.6 Å². The molecule has 0 aliphatic rings. The van der Waals surface area contributed by atoms with Gasteiger partial charge in [0.15, 0.2) is 0 Å². The summed E-state index contributed by atoms with van der Waals surface area (Å²) < 4.78 is 5.55. The molecule has 2 amide bonds. The van der Waals surface area contributed by atoms with Gasteiger partial charge in [0.25, 0.3) is 0 Å². The van der Waals surface area contributed by atoms with Crippen LogP contribution in [0.1, 0.15) is 30.9 Å². The molecule has 0 spiro atoms. The minimum Gasteiger partial charge on any atom is -0.492 e. The lowest BCUT2D eigenvalue weighted by Gasteiger charge is -2.17. The molecule has 4 nitrogen and oxygen atoms in total. The Morgan fingerprint density at radius 1 is 1.09 bits per heavy atom. The van der Waals surface area contributed by atoms with Crippen molar-refractivity contribution in [2.75, 3.05) is 18.5 Å². The van der Waals surface area contributed by atoms with Gasteiger partial charge in [-0.25, -0.2) is 4.79 Å². The van der Waals surface area contributed by atoms with E-state index < -0.39 is 0 Å². The maximum absolute atomic E-state index is 12.1. The Hall–Kier alpha value is -2.49. The maximum atomic E-state index is 12.1. The van der Waals surface area contributed by atoms with E-state index in [1.165, 1.54) is 0 Å². The third-order valence-corrected chi connectivity index (χ3v) is 3.57. The highest BCUT2D eigenvalue weighted by molar-refractivity contribution is 5.91. The number of carbonyl (C=O) groups excluding carboxylic acids is 1. The Bertz CT molecular complexity index is 639. The summed E-state index contributed by atoms with van der Waals surface area (Å²) in [6.07, 6.45) is 0. The van der Waals surface area contributed by atoms with Gasteiger partial charge in [-0.3, -0.25) is 0 Å². The van der Waals surface area contributed by atoms with E-state index in [1.54, 1.807) is 0 Å². The Morgan fingerprint density at radius 2 is 1.83 bits per heavy atom. The number of carbonyl (C=O) groups is 1. The fourth-order valence-corrected chi connectivity index (χ4v) is 2.35. The summed E-state index contributed by atoms with van der Waals surface area (Å²) >= 11 is 0. The Kier molecular flexibility index (Phi) is 6.03. The number of hydrogen-bond donors (Lipinski definition) is 2. The third-order valence-electron chi connectivity index (χ3n) is 3.57. The van der Waals surface area contributed by atoms with Crippen LogP contribution in [-0.4, -0.2) is 19.2 Å². The quantitative estimate of drug-likeness (QED) is 0.781. The van der Waals surface area contributed by atoms with E-state index in [2.05, 4.69) is 24.5 Å². The first-order valence-electron chi connectivity index (χ1n) is 7.90. The van der Waals surface area contributed by atoms with Gasteiger partial charge in [-0.1, -0.05) is 50.2 Å². The number of para-hydroxylation sites is 2. The molecule has 0 unspecified atom stereocenters. The molecule has 0 saturated heterocycles. The number of ether oxygens (including phenoxy) is 1. The highest BCUT2D eigenvalue weighted by Crippen LogP contribution is 2.27. The molecule has 2 aromatic carbocycles. The first kappa shape index (κ1) is 16.9. The molecule has 0 bridgehead atoms. The minimum absolute atomic E-state index is 0.210. The number of aryl methyl sites for hydroxylation is 1. The lowest BCUT2D eigenvalue weighted by atomic mass is 9.98. The van der Waals surface area contributed by atoms with Crippen molar-refractivity contribution in [1.82, 2.24) is 5.32 Å². The fraction of sp³-hybridized carbons (Fsp3) is 0.316. The van der Waals surface area contributed by atoms with Crippen LogP contribution in [0.2, 0.25) is 0 Å². The first-order valence-corrected chi connectivity index (χ1v) is 7.90. The molecular weight excluding hydrogens is 288 g/mol. The zero-order chi connectivity index (χ0) is 16.7. The number of benzene rings is 2. The molecule has 0 fully saturated rings. The number of amides is 2. The summed E-state index contributed by atoms with van der Waals surface area (Å²) in [4.78, 5) is 12.1. The zero-order valence-corrected chi connectivity index (χ0v) is 13.9. The number of hydrogen-bond acceptors (Lipinski definition) is 2. The van der Waals surface area contributed by atoms with Crippen molar-refractivity contribution in [2.24, 2.45) is 0 Å². The summed E-state index contributed by atoms with van der Waals surface area (Å²) in [6.45, 7) is 7.11. The number of rotatable bonds is 6. The van der Waals surface area contributed by atoms with Crippen molar-refractivity contribution in [3.63, 3.8) is 0 Å². The van der Waals surface area contributed by atoms with Crippen LogP contribution in [0.25, 0.3) is 0 Å². The zero-order valence-electron chi connectivity index (χ0n) is 13.9. The van der Waals surface area contributed by atoms with E-state index in [1.807, 2.05) is 55.5 Å². The fourth-order valence-electron chi connectivity index (χ4n) is 2.35. The van der Waals surface area contributed by atoms with Gasteiger partial charge in [-0.15, -0.1) is 0 Å². The lowest BCUT2D eigenvalue weighted by molar-refractivity contribution is 0.247. The van der Waals surface area contributed by atoms with Crippen molar-refractivity contribution in [3.05, 3.63) is 59.7 Å². The van der Waals surface area contributed by atoms with E-state index in [9.17, 15) is 4.79 Å². The van der Waals surface area contributed by atoms with E-state index >= 15 is 0 Å². The number of nitrogens with one attached hydrogen (secondary N) is 2. The summed E-state index contributed by atoms with van der Waals surface area (Å²) in [5, 5.41) is 5.77. The average Bonchev–Trinajstić information content (AvgIpc) is 2.54. The van der Waals surface area contributed by atoms with Crippen LogP contribution in [0.15, 0.2) is 48.5 Å². The molecule has 0 heterocycles. The largest absolute Gasteiger partial charge is 0.492 e. The van der Waals surface area contributed by atoms with Crippen LogP contribution in [-0.2, 0) is 0 Å². The SMILES string of the molecule is Cc1cccc(C(C)C)c1NC(=O)NCCOc1ccccc1. The van der Waals surface area contributed by atoms with Crippen LogP contribution >= 0.6 is 0 Å². The maximum Gasteiger partial charge on any atom is 0.319 e. The van der Waals surface area contributed by atoms with Gasteiger partial charge in [-0.05, 0) is 36.1 Å². The smallest absolute Gasteiger partial charge is 0.319 e. The van der Waals surface area contributed by atoms with Gasteiger partial charge < -0.3 is 15.4 Å². The molecule has 0 aromatic heterocycles. The first-order chi connectivity index (χ1) is 11.1. The summed E-state index contributed by atoms with van der Waals surface area (Å²) in [6, 6.07) is 15.4. The van der Waals surface area contributed by atoms with Crippen LogP contribution in [0, 0.1) is 6.92 Å². The van der Waals surface area contributed by atoms with Gasteiger partial charge in [-0.2, -0.15) is 0 Å². The molecule has 4 heteroatoms. The normalized spacial score (nSPS) is 10.4. The van der Waals surface area contributed by atoms with E-state index in [0.29, 0.717) is 19.1 Å². The van der Waals surface area contributed by atoms with Gasteiger partial charge >= 0.3 is 6.03 Å². The van der Waals surface area contributed by atoms with Gasteiger partial charge in [0.05, 0.1) is 6.54 Å². The van der Waals surface area contributed by atoms with Crippen molar-refractivity contribution in [1.29, 1.82) is 0 Å². The highest BCUT2D eigenvalue weighted by atomic mass is 16.5. The molecule has 2 rings (SSSR count). The molecule has 23 heavy (non-hydrogen) atoms. The topological polar surface area (TPSA) is 50.4 Å². The Morgan fingerprint density at radius 3 is 2.52 bits per heavy atom. The van der Waals surface area contributed by atoms with Gasteiger partial charge in [0, 0.05) is 5.69 Å². The van der Waals surface area contributed by atoms with E-state index in [4.69, 9.17) is 4.74 Å². The number of urea groups is 1. The molecular formula is C19H24N2O2. The molecule has 2 aromatic rings. The molecule has 0 aliphatic heterocycles. The third kappa shape index (κ3) is 5.02. The highest BCUT2D eigenvalue weighted by Gasteiger charge is 2.11. The van der Waals surface area contributed by atoms with Crippen molar-refractivity contribution < 1.29 is 9.53 Å². The Labute approximate surface area is 137 Å². The average molecular weight is 312 g/mol. The molecule has 2 N–H and O–H groups in total. The van der Waals surface area contributed by atoms with Crippen LogP contribution in [0.3, 0.4) is 0 Å². The van der Waals surface area contributed by atoms with Crippen LogP contribution < -0.4 is 15.4 Å². The molecule has 0 radical (unpaired) electrons. The lowest BCUT2D eigenvalue weighted by Crippen LogP contribution is -2.32. The molecule has 0 aliphatic carbocycles. The van der Waals surface area contributed by atoms with Crippen molar-refractivity contribution in [3.8, 4) is 5.75 Å². The number of anilines is 1. The van der Waals surface area contributed by atoms with Gasteiger partial charge in [0.2, 0.25) is 0 Å². The second kappa shape index (κ2) is 8.22. The van der Waals surface area contributed by atoms with Crippen LogP contribution in [0.5, 0.6) is 5.75 Å². The van der Waals surface area contributed by atoms with Crippen molar-refractivity contribution in [2.45, 2.75) is 26.7 Å². The summed E-state index contributed by atoms with van der Waals surface area (Å²) in [5.41, 5.74) is 3.09. The standard InChI is InChI=1S/C19H24N2O2/c1-14(2)17-11-7-8-15(3)18(17)21-19(22)20-12-13-23-16-9-5-4-6-10-16/h4-11,14H,12-13H2,1-3H3,(H2,20,21,22). The van der Waals surface area contributed by atoms with Crippen LogP contribution in [0.4, 0.5) is 10.5 Å². The van der Waals surface area contributed by atoms with Gasteiger partial charge in [0.1, 0.15) is 12.4 Å². The minimum atomic E-state index is -0.210. The summed E-state index contributed by atoms with van der Waals surface area (Å²) in [5.74, 6) is 1.15. The second-order valence-electron chi connectivity index (χ2n) is 5.74. The van der Waals surface area contributed by atoms with E-state index in [-0.39, 0.29) is 6.03 Å². The molecule has 122 valence electrons. The summed E-state index contributed by atoms with van der Waals surface area (Å²) in [7, 11) is 0. The predicted octanol–water partition coefficient (Wildman–Crippen LogP) is 4.32. The Balaban J connectivity index is 1.83.